The summed E-state index contributed by atoms with van der Waals surface area (Å²) in [5.41, 5.74) is 0.766. The van der Waals surface area contributed by atoms with Gasteiger partial charge < -0.3 is 19.7 Å². The van der Waals surface area contributed by atoms with Crippen LogP contribution < -0.4 is 5.32 Å². The quantitative estimate of drug-likeness (QED) is 0.892. The summed E-state index contributed by atoms with van der Waals surface area (Å²) in [7, 11) is 0. The van der Waals surface area contributed by atoms with E-state index in [-0.39, 0.29) is 23.4 Å². The third kappa shape index (κ3) is 2.78. The second kappa shape index (κ2) is 6.14. The van der Waals surface area contributed by atoms with Crippen molar-refractivity contribution in [3.63, 3.8) is 0 Å². The smallest absolute Gasteiger partial charge is 0.263 e. The molecule has 1 aliphatic heterocycles. The minimum absolute atomic E-state index is 0.132. The van der Waals surface area contributed by atoms with Crippen LogP contribution in [-0.2, 0) is 11.2 Å². The summed E-state index contributed by atoms with van der Waals surface area (Å²) >= 11 is 0. The first kappa shape index (κ1) is 15.5. The van der Waals surface area contributed by atoms with Gasteiger partial charge in [-0.15, -0.1) is 0 Å². The Balaban J connectivity index is 1.41. The number of nitrogens with zero attached hydrogens (tertiary/aromatic N) is 2. The van der Waals surface area contributed by atoms with E-state index in [9.17, 15) is 9.50 Å². The number of benzene rings is 1. The predicted octanol–water partition coefficient (Wildman–Crippen LogP) is 2.14. The van der Waals surface area contributed by atoms with Crippen molar-refractivity contribution in [1.29, 1.82) is 0 Å². The van der Waals surface area contributed by atoms with Gasteiger partial charge in [-0.25, -0.2) is 4.39 Å². The van der Waals surface area contributed by atoms with E-state index in [4.69, 9.17) is 9.26 Å². The molecule has 1 aliphatic carbocycles. The molecular weight excluding hydrogens is 313 g/mol. The van der Waals surface area contributed by atoms with Crippen LogP contribution in [0.25, 0.3) is 0 Å². The lowest BCUT2D eigenvalue weighted by atomic mass is 9.58. The summed E-state index contributed by atoms with van der Waals surface area (Å²) in [6, 6.07) is 6.36. The molecule has 1 aromatic carbocycles. The lowest BCUT2D eigenvalue weighted by molar-refractivity contribution is -0.133. The zero-order valence-corrected chi connectivity index (χ0v) is 13.2. The first-order valence-corrected chi connectivity index (χ1v) is 8.25. The molecule has 7 heteroatoms. The Bertz CT molecular complexity index is 697. The minimum Gasteiger partial charge on any atom is -0.392 e. The normalized spacial score (nSPS) is 25.4. The Kier molecular flexibility index (Phi) is 3.97. The van der Waals surface area contributed by atoms with E-state index in [1.165, 1.54) is 12.1 Å². The Morgan fingerprint density at radius 1 is 1.25 bits per heavy atom. The molecule has 1 saturated heterocycles. The van der Waals surface area contributed by atoms with Crippen molar-refractivity contribution in [2.45, 2.75) is 37.8 Å². The number of hydrogen-bond donors (Lipinski definition) is 2. The van der Waals surface area contributed by atoms with Crippen molar-refractivity contribution in [2.24, 2.45) is 5.41 Å². The molecule has 2 heterocycles. The van der Waals surface area contributed by atoms with Crippen LogP contribution in [0, 0.1) is 11.2 Å². The predicted molar refractivity (Wildman–Crippen MR) is 84.0 cm³/mol. The van der Waals surface area contributed by atoms with Crippen LogP contribution in [0.5, 0.6) is 0 Å². The molecule has 24 heavy (non-hydrogen) atoms. The number of ether oxygens (including phenoxy) is 1. The van der Waals surface area contributed by atoms with Gasteiger partial charge in [0.1, 0.15) is 5.82 Å². The third-order valence-electron chi connectivity index (χ3n) is 5.28. The minimum atomic E-state index is -0.301. The fourth-order valence-electron chi connectivity index (χ4n) is 3.72. The van der Waals surface area contributed by atoms with Crippen molar-refractivity contribution in [1.82, 2.24) is 10.1 Å². The van der Waals surface area contributed by atoms with E-state index >= 15 is 0 Å². The molecule has 1 spiro atoms. The number of rotatable bonds is 4. The van der Waals surface area contributed by atoms with E-state index in [1.807, 2.05) is 0 Å². The molecule has 2 N–H and O–H groups in total. The zero-order chi connectivity index (χ0) is 16.6. The molecule has 2 aromatic rings. The molecule has 128 valence electrons. The Morgan fingerprint density at radius 3 is 2.71 bits per heavy atom. The summed E-state index contributed by atoms with van der Waals surface area (Å²) < 4.78 is 23.6. The maximum Gasteiger partial charge on any atom is 0.263 e. The average Bonchev–Trinajstić information content (AvgIpc) is 3.05. The fourth-order valence-corrected chi connectivity index (χ4v) is 3.72. The van der Waals surface area contributed by atoms with Gasteiger partial charge >= 0.3 is 0 Å². The average molecular weight is 333 g/mol. The van der Waals surface area contributed by atoms with Crippen LogP contribution >= 0.6 is 0 Å². The second-order valence-corrected chi connectivity index (χ2v) is 6.61. The van der Waals surface area contributed by atoms with Crippen LogP contribution in [0.2, 0.25) is 0 Å². The molecule has 0 unspecified atom stereocenters. The lowest BCUT2D eigenvalue weighted by Gasteiger charge is -2.55. The molecule has 0 radical (unpaired) electrons. The number of anilines is 1. The highest BCUT2D eigenvalue weighted by Crippen LogP contribution is 2.49. The second-order valence-electron chi connectivity index (χ2n) is 6.61. The van der Waals surface area contributed by atoms with E-state index in [0.29, 0.717) is 37.9 Å². The van der Waals surface area contributed by atoms with Gasteiger partial charge in [-0.1, -0.05) is 12.1 Å². The molecule has 2 aliphatic rings. The summed E-state index contributed by atoms with van der Waals surface area (Å²) in [5, 5.41) is 17.5. The molecule has 1 aromatic heterocycles. The topological polar surface area (TPSA) is 80.4 Å². The standard InChI is InChI=1S/C17H20FN3O3/c18-12-3-1-11(2-4-12)9-15-20-16(21-24-15)19-13-10-14(22)17(13)5-7-23-8-6-17/h1-4,13-14,22H,5-10H2,(H,19,21)/t13-,14-/m1/s1. The lowest BCUT2D eigenvalue weighted by Crippen LogP contribution is -2.62. The maximum absolute atomic E-state index is 12.9. The number of nitrogens with one attached hydrogen (secondary N) is 1. The third-order valence-corrected chi connectivity index (χ3v) is 5.28. The van der Waals surface area contributed by atoms with Crippen LogP contribution in [0.15, 0.2) is 28.8 Å². The number of aliphatic hydroxyl groups is 1. The molecule has 6 nitrogen and oxygen atoms in total. The molecule has 2 fully saturated rings. The number of aromatic nitrogens is 2. The Labute approximate surface area is 139 Å². The molecule has 4 rings (SSSR count). The summed E-state index contributed by atoms with van der Waals surface area (Å²) in [5.74, 6) is 0.650. The van der Waals surface area contributed by atoms with Gasteiger partial charge in [0.15, 0.2) is 0 Å². The van der Waals surface area contributed by atoms with Gasteiger partial charge in [-0.05, 0) is 42.1 Å². The number of aliphatic hydroxyl groups excluding tert-OH is 1. The van der Waals surface area contributed by atoms with E-state index < -0.39 is 0 Å². The summed E-state index contributed by atoms with van der Waals surface area (Å²) in [6.45, 7) is 1.36. The van der Waals surface area contributed by atoms with E-state index in [1.54, 1.807) is 12.1 Å². The van der Waals surface area contributed by atoms with E-state index in [2.05, 4.69) is 15.5 Å². The molecule has 1 saturated carbocycles. The van der Waals surface area contributed by atoms with Gasteiger partial charge in [-0.3, -0.25) is 0 Å². The molecule has 0 bridgehead atoms. The highest BCUT2D eigenvalue weighted by atomic mass is 19.1. The van der Waals surface area contributed by atoms with Gasteiger partial charge in [0.25, 0.3) is 5.95 Å². The summed E-state index contributed by atoms with van der Waals surface area (Å²) in [6.07, 6.45) is 2.52. The highest BCUT2D eigenvalue weighted by Gasteiger charge is 2.55. The first-order chi connectivity index (χ1) is 11.7. The van der Waals surface area contributed by atoms with Crippen molar-refractivity contribution in [3.8, 4) is 0 Å². The van der Waals surface area contributed by atoms with Crippen LogP contribution in [0.3, 0.4) is 0 Å². The number of hydrogen-bond acceptors (Lipinski definition) is 6. The largest absolute Gasteiger partial charge is 0.392 e. The Morgan fingerprint density at radius 2 is 2.00 bits per heavy atom. The maximum atomic E-state index is 12.9. The van der Waals surface area contributed by atoms with Crippen LogP contribution in [0.4, 0.5) is 10.3 Å². The van der Waals surface area contributed by atoms with Gasteiger partial charge in [-0.2, -0.15) is 4.98 Å². The first-order valence-electron chi connectivity index (χ1n) is 8.25. The summed E-state index contributed by atoms with van der Waals surface area (Å²) in [4.78, 5) is 4.36. The van der Waals surface area contributed by atoms with Crippen LogP contribution in [-0.4, -0.2) is 40.6 Å². The molecule has 0 amide bonds. The van der Waals surface area contributed by atoms with Gasteiger partial charge in [0.2, 0.25) is 5.89 Å². The highest BCUT2D eigenvalue weighted by molar-refractivity contribution is 5.30. The fraction of sp³-hybridized carbons (Fsp3) is 0.529. The number of halogens is 1. The SMILES string of the molecule is O[C@@H]1C[C@@H](Nc2noc(Cc3ccc(F)cc3)n2)C12CCOCC2. The Hall–Kier alpha value is -1.99. The van der Waals surface area contributed by atoms with Crippen molar-refractivity contribution >= 4 is 5.95 Å². The monoisotopic (exact) mass is 333 g/mol. The zero-order valence-electron chi connectivity index (χ0n) is 13.2. The van der Waals surface area contributed by atoms with Gasteiger partial charge in [0, 0.05) is 24.7 Å². The molecular formula is C17H20FN3O3. The van der Waals surface area contributed by atoms with Gasteiger partial charge in [0.05, 0.1) is 12.5 Å². The molecule has 2 atom stereocenters. The van der Waals surface area contributed by atoms with Crippen molar-refractivity contribution in [3.05, 3.63) is 41.5 Å². The van der Waals surface area contributed by atoms with E-state index in [0.717, 1.165) is 18.4 Å². The van der Waals surface area contributed by atoms with Crippen LogP contribution in [0.1, 0.15) is 30.7 Å². The van der Waals surface area contributed by atoms with Crippen molar-refractivity contribution < 1.29 is 18.8 Å². The van der Waals surface area contributed by atoms with Crippen molar-refractivity contribution in [2.75, 3.05) is 18.5 Å².